The maximum atomic E-state index is 13.1. The standard InChI is InChI=1S/C20H27N5O2S2/c1-3-24-19(23-10-12-27-13-11-23)21-22-20(24)28-14-18(26)25-9-8-15(2)29-17-7-5-4-6-16(17)25/h4-7,15H,3,8-14H2,1-2H3/t15-/m0/s1. The fourth-order valence-electron chi connectivity index (χ4n) is 3.61. The van der Waals surface area contributed by atoms with Crippen LogP contribution in [0.3, 0.4) is 0 Å². The van der Waals surface area contributed by atoms with Crippen molar-refractivity contribution in [3.8, 4) is 0 Å². The minimum Gasteiger partial charge on any atom is -0.378 e. The molecule has 1 amide bonds. The van der Waals surface area contributed by atoms with Crippen molar-refractivity contribution in [3.05, 3.63) is 24.3 Å². The molecule has 1 aromatic heterocycles. The first-order valence-corrected chi connectivity index (χ1v) is 12.0. The van der Waals surface area contributed by atoms with E-state index < -0.39 is 0 Å². The number of morpholine rings is 1. The van der Waals surface area contributed by atoms with Crippen LogP contribution in [0.4, 0.5) is 11.6 Å². The van der Waals surface area contributed by atoms with Crippen LogP contribution in [0.2, 0.25) is 0 Å². The van der Waals surface area contributed by atoms with Crippen LogP contribution in [0.25, 0.3) is 0 Å². The molecule has 156 valence electrons. The molecule has 0 saturated carbocycles. The number of rotatable bonds is 5. The molecule has 2 aromatic rings. The molecule has 1 atom stereocenters. The fourth-order valence-corrected chi connectivity index (χ4v) is 5.60. The zero-order valence-electron chi connectivity index (χ0n) is 16.9. The van der Waals surface area contributed by atoms with Gasteiger partial charge in [0.2, 0.25) is 11.9 Å². The van der Waals surface area contributed by atoms with Gasteiger partial charge in [0, 0.05) is 36.3 Å². The second kappa shape index (κ2) is 9.40. The van der Waals surface area contributed by atoms with Crippen LogP contribution in [0.5, 0.6) is 0 Å². The number of hydrogen-bond acceptors (Lipinski definition) is 7. The predicted molar refractivity (Wildman–Crippen MR) is 118 cm³/mol. The number of hydrogen-bond donors (Lipinski definition) is 0. The maximum absolute atomic E-state index is 13.1. The Bertz CT molecular complexity index is 853. The van der Waals surface area contributed by atoms with E-state index in [9.17, 15) is 4.79 Å². The first-order valence-electron chi connectivity index (χ1n) is 10.1. The summed E-state index contributed by atoms with van der Waals surface area (Å²) in [6, 6.07) is 8.20. The fraction of sp³-hybridized carbons (Fsp3) is 0.550. The molecule has 9 heteroatoms. The Balaban J connectivity index is 1.47. The van der Waals surface area contributed by atoms with Gasteiger partial charge in [0.25, 0.3) is 0 Å². The number of anilines is 2. The zero-order valence-corrected chi connectivity index (χ0v) is 18.5. The summed E-state index contributed by atoms with van der Waals surface area (Å²) in [7, 11) is 0. The van der Waals surface area contributed by atoms with Crippen LogP contribution in [-0.4, -0.2) is 64.5 Å². The smallest absolute Gasteiger partial charge is 0.237 e. The van der Waals surface area contributed by atoms with E-state index in [1.54, 1.807) is 0 Å². The number of carbonyl (C=O) groups excluding carboxylic acids is 1. The topological polar surface area (TPSA) is 63.5 Å². The summed E-state index contributed by atoms with van der Waals surface area (Å²) in [4.78, 5) is 18.4. The van der Waals surface area contributed by atoms with E-state index in [1.165, 1.54) is 16.7 Å². The second-order valence-electron chi connectivity index (χ2n) is 7.15. The number of aromatic nitrogens is 3. The van der Waals surface area contributed by atoms with E-state index in [0.29, 0.717) is 24.2 Å². The molecule has 0 unspecified atom stereocenters. The summed E-state index contributed by atoms with van der Waals surface area (Å²) < 4.78 is 7.53. The molecule has 2 aliphatic heterocycles. The highest BCUT2D eigenvalue weighted by Gasteiger charge is 2.25. The van der Waals surface area contributed by atoms with E-state index in [4.69, 9.17) is 4.74 Å². The van der Waals surface area contributed by atoms with Gasteiger partial charge in [-0.2, -0.15) is 0 Å². The van der Waals surface area contributed by atoms with Crippen molar-refractivity contribution in [2.75, 3.05) is 48.4 Å². The lowest BCUT2D eigenvalue weighted by molar-refractivity contribution is -0.116. The highest BCUT2D eigenvalue weighted by atomic mass is 32.2. The van der Waals surface area contributed by atoms with Crippen molar-refractivity contribution in [2.45, 2.75) is 42.1 Å². The van der Waals surface area contributed by atoms with Gasteiger partial charge in [0.05, 0.1) is 24.7 Å². The van der Waals surface area contributed by atoms with E-state index in [-0.39, 0.29) is 5.91 Å². The van der Waals surface area contributed by atoms with Crippen LogP contribution in [0.15, 0.2) is 34.3 Å². The average molecular weight is 434 g/mol. The molecule has 1 aromatic carbocycles. The maximum Gasteiger partial charge on any atom is 0.237 e. The number of carbonyl (C=O) groups is 1. The van der Waals surface area contributed by atoms with Gasteiger partial charge in [-0.3, -0.25) is 9.36 Å². The molecule has 0 spiro atoms. The summed E-state index contributed by atoms with van der Waals surface area (Å²) in [5, 5.41) is 10.1. The van der Waals surface area contributed by atoms with E-state index in [1.807, 2.05) is 34.9 Å². The third kappa shape index (κ3) is 4.57. The van der Waals surface area contributed by atoms with E-state index in [0.717, 1.165) is 49.4 Å². The highest BCUT2D eigenvalue weighted by molar-refractivity contribution is 8.00. The van der Waals surface area contributed by atoms with Gasteiger partial charge >= 0.3 is 0 Å². The number of nitrogens with zero attached hydrogens (tertiary/aromatic N) is 5. The Labute approximate surface area is 180 Å². The first-order chi connectivity index (χ1) is 14.2. The number of amides is 1. The Hall–Kier alpha value is -1.71. The number of para-hydroxylation sites is 1. The Kier molecular flexibility index (Phi) is 6.67. The monoisotopic (exact) mass is 433 g/mol. The molecule has 0 bridgehead atoms. The summed E-state index contributed by atoms with van der Waals surface area (Å²) in [5.74, 6) is 1.35. The molecule has 0 N–H and O–H groups in total. The molecular weight excluding hydrogens is 406 g/mol. The predicted octanol–water partition coefficient (Wildman–Crippen LogP) is 3.14. The number of benzene rings is 1. The quantitative estimate of drug-likeness (QED) is 0.671. The summed E-state index contributed by atoms with van der Waals surface area (Å²) in [6.45, 7) is 8.90. The Morgan fingerprint density at radius 3 is 2.83 bits per heavy atom. The van der Waals surface area contributed by atoms with Crippen molar-refractivity contribution in [1.82, 2.24) is 14.8 Å². The van der Waals surface area contributed by atoms with Gasteiger partial charge in [-0.1, -0.05) is 30.8 Å². The molecule has 0 radical (unpaired) electrons. The Morgan fingerprint density at radius 1 is 1.24 bits per heavy atom. The molecule has 4 rings (SSSR count). The molecule has 1 saturated heterocycles. The van der Waals surface area contributed by atoms with Gasteiger partial charge in [-0.15, -0.1) is 22.0 Å². The summed E-state index contributed by atoms with van der Waals surface area (Å²) >= 11 is 3.32. The molecular formula is C20H27N5O2S2. The van der Waals surface area contributed by atoms with Gasteiger partial charge in [0.15, 0.2) is 5.16 Å². The first kappa shape index (κ1) is 20.6. The SMILES string of the molecule is CCn1c(SCC(=O)N2CC[C@H](C)Sc3ccccc32)nnc1N1CCOCC1. The lowest BCUT2D eigenvalue weighted by Crippen LogP contribution is -2.38. The highest BCUT2D eigenvalue weighted by Crippen LogP contribution is 2.37. The van der Waals surface area contributed by atoms with Crippen molar-refractivity contribution < 1.29 is 9.53 Å². The molecule has 3 heterocycles. The van der Waals surface area contributed by atoms with E-state index in [2.05, 4.69) is 39.6 Å². The third-order valence-corrected chi connectivity index (χ3v) is 7.37. The van der Waals surface area contributed by atoms with Crippen LogP contribution >= 0.6 is 23.5 Å². The van der Waals surface area contributed by atoms with Gasteiger partial charge in [-0.25, -0.2) is 0 Å². The molecule has 1 fully saturated rings. The van der Waals surface area contributed by atoms with Crippen LogP contribution in [-0.2, 0) is 16.1 Å². The molecule has 29 heavy (non-hydrogen) atoms. The lowest BCUT2D eigenvalue weighted by Gasteiger charge is -2.27. The second-order valence-corrected chi connectivity index (χ2v) is 9.57. The summed E-state index contributed by atoms with van der Waals surface area (Å²) in [5.41, 5.74) is 1.03. The molecule has 0 aliphatic carbocycles. The molecule has 2 aliphatic rings. The minimum atomic E-state index is 0.121. The summed E-state index contributed by atoms with van der Waals surface area (Å²) in [6.07, 6.45) is 0.988. The van der Waals surface area contributed by atoms with Crippen LogP contribution < -0.4 is 9.80 Å². The third-order valence-electron chi connectivity index (χ3n) is 5.18. The van der Waals surface area contributed by atoms with Crippen molar-refractivity contribution in [2.24, 2.45) is 0 Å². The van der Waals surface area contributed by atoms with E-state index >= 15 is 0 Å². The zero-order chi connectivity index (χ0) is 20.2. The number of fused-ring (bicyclic) bond motifs is 1. The normalized spacial score (nSPS) is 19.7. The van der Waals surface area contributed by atoms with Crippen LogP contribution in [0.1, 0.15) is 20.3 Å². The number of ether oxygens (including phenoxy) is 1. The lowest BCUT2D eigenvalue weighted by atomic mass is 10.2. The van der Waals surface area contributed by atoms with Gasteiger partial charge in [-0.05, 0) is 25.5 Å². The van der Waals surface area contributed by atoms with Gasteiger partial charge < -0.3 is 14.5 Å². The van der Waals surface area contributed by atoms with Gasteiger partial charge in [0.1, 0.15) is 0 Å². The molecule has 7 nitrogen and oxygen atoms in total. The van der Waals surface area contributed by atoms with Crippen molar-refractivity contribution in [3.63, 3.8) is 0 Å². The Morgan fingerprint density at radius 2 is 2.03 bits per heavy atom. The van der Waals surface area contributed by atoms with Crippen LogP contribution in [0, 0.1) is 0 Å². The van der Waals surface area contributed by atoms with Crippen molar-refractivity contribution in [1.29, 1.82) is 0 Å². The van der Waals surface area contributed by atoms with Crippen molar-refractivity contribution >= 4 is 41.1 Å². The minimum absolute atomic E-state index is 0.121. The average Bonchev–Trinajstić information content (AvgIpc) is 3.08. The number of thioether (sulfide) groups is 2. The largest absolute Gasteiger partial charge is 0.378 e.